The monoisotopic (exact) mass is 287 g/mol. The maximum atomic E-state index is 12.0. The van der Waals surface area contributed by atoms with Crippen LogP contribution in [-0.4, -0.2) is 34.2 Å². The second kappa shape index (κ2) is 7.54. The smallest absolute Gasteiger partial charge is 0.255 e. The average Bonchev–Trinajstić information content (AvgIpc) is 2.83. The lowest BCUT2D eigenvalue weighted by Crippen LogP contribution is -2.28. The summed E-state index contributed by atoms with van der Waals surface area (Å²) in [6, 6.07) is 3.96. The van der Waals surface area contributed by atoms with Crippen LogP contribution in [0.4, 0.5) is 0 Å². The Morgan fingerprint density at radius 1 is 1.33 bits per heavy atom. The third kappa shape index (κ3) is 4.39. The third-order valence-corrected chi connectivity index (χ3v) is 3.22. The maximum absolute atomic E-state index is 12.0. The van der Waals surface area contributed by atoms with Crippen LogP contribution in [0.15, 0.2) is 24.5 Å². The molecular weight excluding hydrogens is 266 g/mol. The van der Waals surface area contributed by atoms with Gasteiger partial charge in [-0.3, -0.25) is 14.9 Å². The predicted molar refractivity (Wildman–Crippen MR) is 81.0 cm³/mol. The van der Waals surface area contributed by atoms with E-state index in [-0.39, 0.29) is 5.91 Å². The van der Waals surface area contributed by atoms with Gasteiger partial charge in [0.15, 0.2) is 0 Å². The van der Waals surface area contributed by atoms with Crippen molar-refractivity contribution >= 4 is 5.91 Å². The Balaban J connectivity index is 1.63. The van der Waals surface area contributed by atoms with E-state index < -0.39 is 0 Å². The SMILES string of the molecule is Cc1n[nH]c(C)c1C(=O)NCCCNCc1cccnc1. The molecule has 0 fully saturated rings. The molecule has 0 saturated heterocycles. The molecule has 0 atom stereocenters. The van der Waals surface area contributed by atoms with E-state index in [1.165, 1.54) is 0 Å². The molecule has 0 radical (unpaired) electrons. The van der Waals surface area contributed by atoms with E-state index in [1.807, 2.05) is 32.2 Å². The van der Waals surface area contributed by atoms with Gasteiger partial charge in [0.1, 0.15) is 0 Å². The molecule has 2 aromatic rings. The molecule has 0 aliphatic carbocycles. The molecular formula is C15H21N5O. The number of nitrogens with one attached hydrogen (secondary N) is 3. The highest BCUT2D eigenvalue weighted by Crippen LogP contribution is 2.08. The molecule has 112 valence electrons. The first-order chi connectivity index (χ1) is 10.2. The van der Waals surface area contributed by atoms with Crippen LogP contribution < -0.4 is 10.6 Å². The van der Waals surface area contributed by atoms with Crippen LogP contribution in [0.5, 0.6) is 0 Å². The summed E-state index contributed by atoms with van der Waals surface area (Å²) in [4.78, 5) is 16.1. The number of hydrogen-bond donors (Lipinski definition) is 3. The first-order valence-electron chi connectivity index (χ1n) is 7.08. The molecule has 0 spiro atoms. The molecule has 1 amide bonds. The average molecular weight is 287 g/mol. The second-order valence-corrected chi connectivity index (χ2v) is 4.96. The van der Waals surface area contributed by atoms with E-state index in [0.29, 0.717) is 12.1 Å². The number of hydrogen-bond acceptors (Lipinski definition) is 4. The molecule has 0 bridgehead atoms. The first-order valence-corrected chi connectivity index (χ1v) is 7.08. The first kappa shape index (κ1) is 15.2. The van der Waals surface area contributed by atoms with Gasteiger partial charge in [-0.05, 0) is 38.4 Å². The predicted octanol–water partition coefficient (Wildman–Crippen LogP) is 1.33. The van der Waals surface area contributed by atoms with Gasteiger partial charge in [0.05, 0.1) is 11.3 Å². The van der Waals surface area contributed by atoms with Gasteiger partial charge < -0.3 is 10.6 Å². The highest BCUT2D eigenvalue weighted by Gasteiger charge is 2.14. The van der Waals surface area contributed by atoms with Gasteiger partial charge in [-0.2, -0.15) is 5.10 Å². The number of aryl methyl sites for hydroxylation is 2. The minimum atomic E-state index is -0.0639. The molecule has 2 heterocycles. The molecule has 0 aliphatic rings. The number of aromatic nitrogens is 3. The number of nitrogens with zero attached hydrogens (tertiary/aromatic N) is 2. The zero-order valence-corrected chi connectivity index (χ0v) is 12.4. The van der Waals surface area contributed by atoms with Crippen molar-refractivity contribution in [2.75, 3.05) is 13.1 Å². The summed E-state index contributed by atoms with van der Waals surface area (Å²) in [6.07, 6.45) is 4.49. The summed E-state index contributed by atoms with van der Waals surface area (Å²) >= 11 is 0. The summed E-state index contributed by atoms with van der Waals surface area (Å²) in [5, 5.41) is 13.1. The van der Waals surface area contributed by atoms with Gasteiger partial charge in [-0.25, -0.2) is 0 Å². The Morgan fingerprint density at radius 3 is 2.86 bits per heavy atom. The minimum Gasteiger partial charge on any atom is -0.352 e. The highest BCUT2D eigenvalue weighted by molar-refractivity contribution is 5.96. The van der Waals surface area contributed by atoms with E-state index in [2.05, 4.69) is 25.8 Å². The number of carbonyl (C=O) groups excluding carboxylic acids is 1. The number of pyridine rings is 1. The molecule has 3 N–H and O–H groups in total. The summed E-state index contributed by atoms with van der Waals surface area (Å²) in [5.74, 6) is -0.0639. The van der Waals surface area contributed by atoms with Crippen molar-refractivity contribution in [1.29, 1.82) is 0 Å². The molecule has 2 aromatic heterocycles. The molecule has 6 heteroatoms. The number of amides is 1. The van der Waals surface area contributed by atoms with E-state index in [9.17, 15) is 4.79 Å². The number of aromatic amines is 1. The van der Waals surface area contributed by atoms with Gasteiger partial charge >= 0.3 is 0 Å². The Kier molecular flexibility index (Phi) is 5.45. The topological polar surface area (TPSA) is 82.7 Å². The second-order valence-electron chi connectivity index (χ2n) is 4.96. The van der Waals surface area contributed by atoms with Gasteiger partial charge in [0.2, 0.25) is 0 Å². The quantitative estimate of drug-likeness (QED) is 0.671. The third-order valence-electron chi connectivity index (χ3n) is 3.22. The lowest BCUT2D eigenvalue weighted by Gasteiger charge is -2.07. The van der Waals surface area contributed by atoms with E-state index in [0.717, 1.165) is 36.5 Å². The lowest BCUT2D eigenvalue weighted by molar-refractivity contribution is 0.0952. The number of H-pyrrole nitrogens is 1. The minimum absolute atomic E-state index is 0.0639. The summed E-state index contributed by atoms with van der Waals surface area (Å²) in [7, 11) is 0. The zero-order chi connectivity index (χ0) is 15.1. The molecule has 0 aliphatic heterocycles. The molecule has 21 heavy (non-hydrogen) atoms. The van der Waals surface area contributed by atoms with Gasteiger partial charge in [0, 0.05) is 31.2 Å². The number of rotatable bonds is 7. The van der Waals surface area contributed by atoms with Crippen LogP contribution in [0.3, 0.4) is 0 Å². The summed E-state index contributed by atoms with van der Waals surface area (Å²) < 4.78 is 0. The fraction of sp³-hybridized carbons (Fsp3) is 0.400. The van der Waals surface area contributed by atoms with Gasteiger partial charge in [0.25, 0.3) is 5.91 Å². The van der Waals surface area contributed by atoms with Crippen LogP contribution in [0, 0.1) is 13.8 Å². The van der Waals surface area contributed by atoms with Gasteiger partial charge in [-0.15, -0.1) is 0 Å². The standard InChI is InChI=1S/C15H21N5O/c1-11-14(12(2)20-19-11)15(21)18-8-4-7-17-10-13-5-3-6-16-9-13/h3,5-6,9,17H,4,7-8,10H2,1-2H3,(H,18,21)(H,19,20). The Morgan fingerprint density at radius 2 is 2.19 bits per heavy atom. The Bertz CT molecular complexity index is 560. The fourth-order valence-corrected chi connectivity index (χ4v) is 2.12. The fourth-order valence-electron chi connectivity index (χ4n) is 2.12. The van der Waals surface area contributed by atoms with E-state index in [1.54, 1.807) is 6.20 Å². The van der Waals surface area contributed by atoms with Gasteiger partial charge in [-0.1, -0.05) is 6.07 Å². The Labute approximate surface area is 124 Å². The lowest BCUT2D eigenvalue weighted by atomic mass is 10.2. The van der Waals surface area contributed by atoms with Crippen LogP contribution in [-0.2, 0) is 6.54 Å². The van der Waals surface area contributed by atoms with E-state index in [4.69, 9.17) is 0 Å². The van der Waals surface area contributed by atoms with Crippen LogP contribution in [0.2, 0.25) is 0 Å². The van der Waals surface area contributed by atoms with Crippen molar-refractivity contribution in [1.82, 2.24) is 25.8 Å². The van der Waals surface area contributed by atoms with Crippen LogP contribution in [0.1, 0.15) is 33.7 Å². The van der Waals surface area contributed by atoms with Crippen molar-refractivity contribution in [2.45, 2.75) is 26.8 Å². The van der Waals surface area contributed by atoms with E-state index >= 15 is 0 Å². The molecule has 0 unspecified atom stereocenters. The normalized spacial score (nSPS) is 10.6. The van der Waals surface area contributed by atoms with Crippen molar-refractivity contribution in [2.24, 2.45) is 0 Å². The molecule has 0 aromatic carbocycles. The summed E-state index contributed by atoms with van der Waals surface area (Å²) in [6.45, 7) is 5.96. The van der Waals surface area contributed by atoms with Crippen molar-refractivity contribution in [3.63, 3.8) is 0 Å². The molecule has 0 saturated carbocycles. The summed E-state index contributed by atoms with van der Waals surface area (Å²) in [5.41, 5.74) is 3.35. The van der Waals surface area contributed by atoms with Crippen molar-refractivity contribution in [3.05, 3.63) is 47.0 Å². The number of carbonyl (C=O) groups is 1. The zero-order valence-electron chi connectivity index (χ0n) is 12.4. The molecule has 6 nitrogen and oxygen atoms in total. The maximum Gasteiger partial charge on any atom is 0.255 e. The Hall–Kier alpha value is -2.21. The largest absolute Gasteiger partial charge is 0.352 e. The van der Waals surface area contributed by atoms with Crippen LogP contribution in [0.25, 0.3) is 0 Å². The highest BCUT2D eigenvalue weighted by atomic mass is 16.1. The van der Waals surface area contributed by atoms with Crippen molar-refractivity contribution < 1.29 is 4.79 Å². The van der Waals surface area contributed by atoms with Crippen molar-refractivity contribution in [3.8, 4) is 0 Å². The molecule has 2 rings (SSSR count). The van der Waals surface area contributed by atoms with Crippen LogP contribution >= 0.6 is 0 Å².